The van der Waals surface area contributed by atoms with Crippen LogP contribution in [0.3, 0.4) is 0 Å². The Labute approximate surface area is 105 Å². The highest BCUT2D eigenvalue weighted by Gasteiger charge is 2.23. The number of nitrogens with one attached hydrogen (secondary N) is 2. The Morgan fingerprint density at radius 1 is 1.35 bits per heavy atom. The molecule has 0 radical (unpaired) electrons. The van der Waals surface area contributed by atoms with Crippen LogP contribution in [0.15, 0.2) is 0 Å². The number of hydrogen-bond donors (Lipinski definition) is 2. The lowest BCUT2D eigenvalue weighted by atomic mass is 10.0. The molecule has 2 heterocycles. The number of amides is 1. The monoisotopic (exact) mass is 251 g/mol. The number of carbonyl (C=O) groups excluding carboxylic acids is 1. The highest BCUT2D eigenvalue weighted by Crippen LogP contribution is 2.30. The highest BCUT2D eigenvalue weighted by atomic mass is 32.1. The summed E-state index contributed by atoms with van der Waals surface area (Å²) in [7, 11) is 0. The van der Waals surface area contributed by atoms with Gasteiger partial charge in [0.1, 0.15) is 0 Å². The largest absolute Gasteiger partial charge is 0.306 e. The van der Waals surface area contributed by atoms with Crippen LogP contribution in [0.25, 0.3) is 0 Å². The Bertz CT molecular complexity index is 402. The molecule has 1 saturated heterocycles. The van der Waals surface area contributed by atoms with E-state index < -0.39 is 0 Å². The van der Waals surface area contributed by atoms with Gasteiger partial charge in [0.15, 0.2) is 5.13 Å². The number of rotatable bonds is 2. The molecule has 3 rings (SSSR count). The van der Waals surface area contributed by atoms with E-state index in [0.717, 1.165) is 37.4 Å². The molecule has 92 valence electrons. The van der Waals surface area contributed by atoms with Gasteiger partial charge < -0.3 is 10.6 Å². The Balaban J connectivity index is 1.63. The predicted octanol–water partition coefficient (Wildman–Crippen LogP) is 1.71. The van der Waals surface area contributed by atoms with E-state index in [2.05, 4.69) is 15.6 Å². The molecular weight excluding hydrogens is 234 g/mol. The van der Waals surface area contributed by atoms with Crippen LogP contribution in [-0.4, -0.2) is 23.5 Å². The third-order valence-electron chi connectivity index (χ3n) is 3.45. The third kappa shape index (κ3) is 2.35. The molecule has 1 aliphatic heterocycles. The Morgan fingerprint density at radius 3 is 3.06 bits per heavy atom. The highest BCUT2D eigenvalue weighted by molar-refractivity contribution is 7.15. The minimum atomic E-state index is -0.0255. The second-order valence-electron chi connectivity index (χ2n) is 4.73. The first-order valence-corrected chi connectivity index (χ1v) is 7.17. The van der Waals surface area contributed by atoms with Crippen molar-refractivity contribution >= 4 is 22.4 Å². The predicted molar refractivity (Wildman–Crippen MR) is 68.4 cm³/mol. The number of thiazole rings is 1. The van der Waals surface area contributed by atoms with Crippen LogP contribution in [0.1, 0.15) is 36.3 Å². The topological polar surface area (TPSA) is 54.0 Å². The molecule has 1 atom stereocenters. The van der Waals surface area contributed by atoms with E-state index in [1.807, 2.05) is 0 Å². The average Bonchev–Trinajstić information content (AvgIpc) is 2.90. The summed E-state index contributed by atoms with van der Waals surface area (Å²) in [6.45, 7) is 0.951. The van der Waals surface area contributed by atoms with Gasteiger partial charge >= 0.3 is 0 Å². The summed E-state index contributed by atoms with van der Waals surface area (Å²) in [4.78, 5) is 17.8. The van der Waals surface area contributed by atoms with Gasteiger partial charge in [0.25, 0.3) is 0 Å². The van der Waals surface area contributed by atoms with Crippen molar-refractivity contribution in [1.29, 1.82) is 0 Å². The molecule has 2 N–H and O–H groups in total. The fourth-order valence-corrected chi connectivity index (χ4v) is 3.56. The molecule has 0 aromatic carbocycles. The molecule has 17 heavy (non-hydrogen) atoms. The second kappa shape index (κ2) is 4.74. The smallest absolute Gasteiger partial charge is 0.243 e. The van der Waals surface area contributed by atoms with Crippen LogP contribution >= 0.6 is 11.3 Å². The maximum absolute atomic E-state index is 12.0. The molecule has 4 nitrogen and oxygen atoms in total. The summed E-state index contributed by atoms with van der Waals surface area (Å²) in [5.74, 6) is 0.0807. The van der Waals surface area contributed by atoms with Crippen molar-refractivity contribution < 1.29 is 4.79 Å². The molecular formula is C12H17N3OS. The Hall–Kier alpha value is -0.940. The van der Waals surface area contributed by atoms with E-state index >= 15 is 0 Å². The Morgan fingerprint density at radius 2 is 2.29 bits per heavy atom. The summed E-state index contributed by atoms with van der Waals surface area (Å²) in [6.07, 6.45) is 6.67. The van der Waals surface area contributed by atoms with Crippen LogP contribution in [0.5, 0.6) is 0 Å². The normalized spacial score (nSPS) is 23.4. The molecule has 0 saturated carbocycles. The lowest BCUT2D eigenvalue weighted by Gasteiger charge is -2.21. The summed E-state index contributed by atoms with van der Waals surface area (Å²) < 4.78 is 0. The van der Waals surface area contributed by atoms with Crippen molar-refractivity contribution in [2.45, 2.75) is 44.6 Å². The van der Waals surface area contributed by atoms with Gasteiger partial charge in [-0.1, -0.05) is 6.42 Å². The molecule has 1 aromatic rings. The van der Waals surface area contributed by atoms with Crippen molar-refractivity contribution in [3.63, 3.8) is 0 Å². The van der Waals surface area contributed by atoms with Gasteiger partial charge in [0.2, 0.25) is 5.91 Å². The van der Waals surface area contributed by atoms with Crippen molar-refractivity contribution in [2.24, 2.45) is 0 Å². The van der Waals surface area contributed by atoms with E-state index in [-0.39, 0.29) is 11.9 Å². The molecule has 0 spiro atoms. The zero-order valence-corrected chi connectivity index (χ0v) is 10.6. The van der Waals surface area contributed by atoms with Crippen molar-refractivity contribution in [3.8, 4) is 0 Å². The molecule has 1 aliphatic carbocycles. The fourth-order valence-electron chi connectivity index (χ4n) is 2.51. The first-order valence-electron chi connectivity index (χ1n) is 6.36. The second-order valence-corrected chi connectivity index (χ2v) is 5.82. The maximum atomic E-state index is 12.0. The summed E-state index contributed by atoms with van der Waals surface area (Å²) in [5.41, 5.74) is 1.20. The van der Waals surface area contributed by atoms with Crippen LogP contribution < -0.4 is 10.6 Å². The molecule has 1 amide bonds. The molecule has 0 bridgehead atoms. The molecule has 1 fully saturated rings. The van der Waals surface area contributed by atoms with E-state index in [1.165, 1.54) is 23.4 Å². The van der Waals surface area contributed by atoms with Gasteiger partial charge in [-0.3, -0.25) is 4.79 Å². The fraction of sp³-hybridized carbons (Fsp3) is 0.667. The summed E-state index contributed by atoms with van der Waals surface area (Å²) in [6, 6.07) is -0.0255. The van der Waals surface area contributed by atoms with Crippen LogP contribution in [0, 0.1) is 0 Å². The number of piperidine rings is 1. The molecule has 5 heteroatoms. The van der Waals surface area contributed by atoms with E-state index in [4.69, 9.17) is 0 Å². The number of hydrogen-bond acceptors (Lipinski definition) is 4. The number of aromatic nitrogens is 1. The standard InChI is InChI=1S/C12H17N3OS/c16-11(9-4-1-2-7-13-9)15-12-14-8-5-3-6-10(8)17-12/h9,13H,1-7H2,(H,14,15,16)/t9-/m1/s1. The van der Waals surface area contributed by atoms with Gasteiger partial charge in [-0.2, -0.15) is 0 Å². The number of anilines is 1. The van der Waals surface area contributed by atoms with Crippen LogP contribution in [0.2, 0.25) is 0 Å². The van der Waals surface area contributed by atoms with Gasteiger partial charge in [-0.25, -0.2) is 4.98 Å². The Kier molecular flexibility index (Phi) is 3.11. The lowest BCUT2D eigenvalue weighted by molar-refractivity contribution is -0.118. The zero-order valence-electron chi connectivity index (χ0n) is 9.79. The SMILES string of the molecule is O=C(Nc1nc2c(s1)CCC2)[C@H]1CCCCN1. The molecule has 0 unspecified atom stereocenters. The number of nitrogens with zero attached hydrogens (tertiary/aromatic N) is 1. The van der Waals surface area contributed by atoms with Gasteiger partial charge in [-0.15, -0.1) is 11.3 Å². The van der Waals surface area contributed by atoms with E-state index in [9.17, 15) is 4.79 Å². The van der Waals surface area contributed by atoms with Crippen molar-refractivity contribution in [3.05, 3.63) is 10.6 Å². The van der Waals surface area contributed by atoms with Crippen molar-refractivity contribution in [1.82, 2.24) is 10.3 Å². The minimum absolute atomic E-state index is 0.0255. The van der Waals surface area contributed by atoms with Crippen LogP contribution in [-0.2, 0) is 17.6 Å². The van der Waals surface area contributed by atoms with E-state index in [0.29, 0.717) is 0 Å². The molecule has 1 aromatic heterocycles. The average molecular weight is 251 g/mol. The third-order valence-corrected chi connectivity index (χ3v) is 4.53. The zero-order chi connectivity index (χ0) is 11.7. The van der Waals surface area contributed by atoms with Crippen LogP contribution in [0.4, 0.5) is 5.13 Å². The number of fused-ring (bicyclic) bond motifs is 1. The quantitative estimate of drug-likeness (QED) is 0.841. The number of carbonyl (C=O) groups is 1. The minimum Gasteiger partial charge on any atom is -0.306 e. The van der Waals surface area contributed by atoms with Gasteiger partial charge in [0.05, 0.1) is 11.7 Å². The summed E-state index contributed by atoms with van der Waals surface area (Å²) in [5, 5.41) is 6.98. The van der Waals surface area contributed by atoms with Crippen molar-refractivity contribution in [2.75, 3.05) is 11.9 Å². The number of aryl methyl sites for hydroxylation is 2. The first kappa shape index (κ1) is 11.2. The van der Waals surface area contributed by atoms with Gasteiger partial charge in [-0.05, 0) is 38.6 Å². The lowest BCUT2D eigenvalue weighted by Crippen LogP contribution is -2.43. The maximum Gasteiger partial charge on any atom is 0.243 e. The first-order chi connectivity index (χ1) is 8.33. The molecule has 2 aliphatic rings. The van der Waals surface area contributed by atoms with Gasteiger partial charge in [0, 0.05) is 4.88 Å². The van der Waals surface area contributed by atoms with E-state index in [1.54, 1.807) is 11.3 Å². The summed E-state index contributed by atoms with van der Waals surface area (Å²) >= 11 is 1.64.